The molecule has 1 aliphatic rings. The molecule has 0 aliphatic heterocycles. The van der Waals surface area contributed by atoms with Gasteiger partial charge in [-0.05, 0) is 54.6 Å². The number of aryl methyl sites for hydroxylation is 2. The van der Waals surface area contributed by atoms with E-state index < -0.39 is 0 Å². The van der Waals surface area contributed by atoms with E-state index in [9.17, 15) is 4.79 Å². The fourth-order valence-corrected chi connectivity index (χ4v) is 4.81. The van der Waals surface area contributed by atoms with Crippen LogP contribution in [0.3, 0.4) is 0 Å². The average Bonchev–Trinajstić information content (AvgIpc) is 3.29. The minimum absolute atomic E-state index is 0.126. The minimum Gasteiger partial charge on any atom is -0.360 e. The van der Waals surface area contributed by atoms with Crippen LogP contribution < -0.4 is 5.32 Å². The highest BCUT2D eigenvalue weighted by atomic mass is 16.5. The van der Waals surface area contributed by atoms with Crippen LogP contribution in [-0.2, 0) is 24.8 Å². The van der Waals surface area contributed by atoms with Crippen molar-refractivity contribution >= 4 is 11.6 Å². The fraction of sp³-hybridized carbons (Fsp3) is 0.536. The first kappa shape index (κ1) is 24.2. The molecule has 2 aromatic heterocycles. The van der Waals surface area contributed by atoms with Crippen molar-refractivity contribution in [3.63, 3.8) is 0 Å². The molecule has 1 amide bonds. The number of carbonyl (C=O) groups excluding carboxylic acids is 1. The molecule has 182 valence electrons. The number of fused-ring (bicyclic) bond motifs is 1. The number of benzene rings is 1. The standard InChI is InChI=1S/C28H38N4O2/c1-17-24(18(2)32(30-17)16-19-9-11-20(12-10-19)27(3,4)5)29-26(33)25-22-15-21(28(6,7)8)13-14-23(22)34-31-25/h9-12,21H,13-16H2,1-8H3,(H,29,33). The van der Waals surface area contributed by atoms with Crippen LogP contribution in [0.25, 0.3) is 0 Å². The molecular formula is C28H38N4O2. The Labute approximate surface area is 203 Å². The van der Waals surface area contributed by atoms with E-state index in [1.165, 1.54) is 11.1 Å². The summed E-state index contributed by atoms with van der Waals surface area (Å²) in [7, 11) is 0. The van der Waals surface area contributed by atoms with Crippen LogP contribution in [0.15, 0.2) is 28.8 Å². The summed E-state index contributed by atoms with van der Waals surface area (Å²) < 4.78 is 7.50. The van der Waals surface area contributed by atoms with E-state index in [1.54, 1.807) is 0 Å². The number of hydrogen-bond donors (Lipinski definition) is 1. The first-order chi connectivity index (χ1) is 15.8. The van der Waals surface area contributed by atoms with Crippen LogP contribution in [0.2, 0.25) is 0 Å². The number of rotatable bonds is 4. The summed E-state index contributed by atoms with van der Waals surface area (Å²) in [4.78, 5) is 13.2. The van der Waals surface area contributed by atoms with Crippen LogP contribution in [0.5, 0.6) is 0 Å². The van der Waals surface area contributed by atoms with Gasteiger partial charge in [0.1, 0.15) is 5.76 Å². The molecule has 4 rings (SSSR count). The molecule has 0 radical (unpaired) electrons. The molecule has 0 fully saturated rings. The molecule has 0 saturated heterocycles. The second kappa shape index (κ2) is 8.71. The van der Waals surface area contributed by atoms with E-state index in [0.717, 1.165) is 47.7 Å². The van der Waals surface area contributed by atoms with Gasteiger partial charge in [0.15, 0.2) is 5.69 Å². The van der Waals surface area contributed by atoms with Gasteiger partial charge < -0.3 is 9.84 Å². The number of hydrogen-bond acceptors (Lipinski definition) is 4. The summed E-state index contributed by atoms with van der Waals surface area (Å²) in [5.41, 5.74) is 6.63. The van der Waals surface area contributed by atoms with Crippen LogP contribution >= 0.6 is 0 Å². The molecule has 1 atom stereocenters. The number of nitrogens with one attached hydrogen (secondary N) is 1. The van der Waals surface area contributed by atoms with E-state index in [0.29, 0.717) is 18.2 Å². The van der Waals surface area contributed by atoms with Gasteiger partial charge in [-0.2, -0.15) is 5.10 Å². The third kappa shape index (κ3) is 4.82. The maximum Gasteiger partial charge on any atom is 0.278 e. The molecule has 6 heteroatoms. The Balaban J connectivity index is 1.52. The summed E-state index contributed by atoms with van der Waals surface area (Å²) in [5.74, 6) is 1.13. The SMILES string of the molecule is Cc1nn(Cc2ccc(C(C)(C)C)cc2)c(C)c1NC(=O)c1noc2c1CC(C(C)(C)C)CC2. The molecule has 1 aliphatic carbocycles. The van der Waals surface area contributed by atoms with Gasteiger partial charge >= 0.3 is 0 Å². The van der Waals surface area contributed by atoms with Gasteiger partial charge in [-0.15, -0.1) is 0 Å². The Kier molecular flexibility index (Phi) is 6.21. The normalized spacial score (nSPS) is 16.4. The highest BCUT2D eigenvalue weighted by Crippen LogP contribution is 2.38. The number of amides is 1. The third-order valence-electron chi connectivity index (χ3n) is 7.25. The number of aromatic nitrogens is 3. The monoisotopic (exact) mass is 462 g/mol. The van der Waals surface area contributed by atoms with Gasteiger partial charge in [0.2, 0.25) is 0 Å². The van der Waals surface area contributed by atoms with Crippen LogP contribution in [0.1, 0.15) is 92.3 Å². The second-order valence-corrected chi connectivity index (χ2v) is 11.8. The minimum atomic E-state index is -0.222. The lowest BCUT2D eigenvalue weighted by molar-refractivity contribution is 0.101. The average molecular weight is 463 g/mol. The molecule has 3 aromatic rings. The maximum atomic E-state index is 13.2. The number of carbonyl (C=O) groups is 1. The van der Waals surface area contributed by atoms with E-state index in [4.69, 9.17) is 9.62 Å². The molecule has 0 bridgehead atoms. The predicted octanol–water partition coefficient (Wildman–Crippen LogP) is 6.24. The third-order valence-corrected chi connectivity index (χ3v) is 7.25. The van der Waals surface area contributed by atoms with Gasteiger partial charge in [0.05, 0.1) is 23.6 Å². The molecule has 1 N–H and O–H groups in total. The highest BCUT2D eigenvalue weighted by Gasteiger charge is 2.34. The van der Waals surface area contributed by atoms with Gasteiger partial charge in [-0.1, -0.05) is 71.0 Å². The summed E-state index contributed by atoms with van der Waals surface area (Å²) in [6.45, 7) is 18.0. The summed E-state index contributed by atoms with van der Waals surface area (Å²) >= 11 is 0. The Morgan fingerprint density at radius 3 is 2.41 bits per heavy atom. The van der Waals surface area contributed by atoms with E-state index in [1.807, 2.05) is 18.5 Å². The Hall–Kier alpha value is -2.89. The molecule has 6 nitrogen and oxygen atoms in total. The Morgan fingerprint density at radius 2 is 1.79 bits per heavy atom. The zero-order chi connectivity index (χ0) is 24.8. The van der Waals surface area contributed by atoms with E-state index in [-0.39, 0.29) is 16.7 Å². The van der Waals surface area contributed by atoms with Gasteiger partial charge in [-0.3, -0.25) is 9.48 Å². The number of anilines is 1. The molecule has 0 spiro atoms. The zero-order valence-corrected chi connectivity index (χ0v) is 21.9. The number of nitrogens with zero attached hydrogens (tertiary/aromatic N) is 3. The van der Waals surface area contributed by atoms with Crippen molar-refractivity contribution in [3.05, 3.63) is 63.8 Å². The lowest BCUT2D eigenvalue weighted by Gasteiger charge is -2.33. The second-order valence-electron chi connectivity index (χ2n) is 11.8. The van der Waals surface area contributed by atoms with E-state index in [2.05, 4.69) is 76.3 Å². The van der Waals surface area contributed by atoms with Crippen molar-refractivity contribution in [1.82, 2.24) is 14.9 Å². The molecule has 1 unspecified atom stereocenters. The molecular weight excluding hydrogens is 424 g/mol. The Bertz CT molecular complexity index is 1190. The summed E-state index contributed by atoms with van der Waals surface area (Å²) in [5, 5.41) is 11.9. The smallest absolute Gasteiger partial charge is 0.278 e. The van der Waals surface area contributed by atoms with Crippen molar-refractivity contribution in [2.75, 3.05) is 5.32 Å². The lowest BCUT2D eigenvalue weighted by Crippen LogP contribution is -2.27. The van der Waals surface area contributed by atoms with Crippen molar-refractivity contribution < 1.29 is 9.32 Å². The molecule has 1 aromatic carbocycles. The zero-order valence-electron chi connectivity index (χ0n) is 21.9. The fourth-order valence-electron chi connectivity index (χ4n) is 4.81. The van der Waals surface area contributed by atoms with Crippen LogP contribution in [0.4, 0.5) is 5.69 Å². The predicted molar refractivity (Wildman–Crippen MR) is 135 cm³/mol. The first-order valence-corrected chi connectivity index (χ1v) is 12.3. The Morgan fingerprint density at radius 1 is 1.12 bits per heavy atom. The van der Waals surface area contributed by atoms with Crippen molar-refractivity contribution in [2.45, 2.75) is 86.6 Å². The molecule has 34 heavy (non-hydrogen) atoms. The molecule has 0 saturated carbocycles. The first-order valence-electron chi connectivity index (χ1n) is 12.3. The highest BCUT2D eigenvalue weighted by molar-refractivity contribution is 6.04. The maximum absolute atomic E-state index is 13.2. The quantitative estimate of drug-likeness (QED) is 0.498. The largest absolute Gasteiger partial charge is 0.360 e. The summed E-state index contributed by atoms with van der Waals surface area (Å²) in [6.07, 6.45) is 2.73. The van der Waals surface area contributed by atoms with Crippen molar-refractivity contribution in [3.8, 4) is 0 Å². The summed E-state index contributed by atoms with van der Waals surface area (Å²) in [6, 6.07) is 8.68. The van der Waals surface area contributed by atoms with Crippen LogP contribution in [0, 0.1) is 25.2 Å². The van der Waals surface area contributed by atoms with E-state index >= 15 is 0 Å². The molecule has 2 heterocycles. The van der Waals surface area contributed by atoms with Crippen LogP contribution in [-0.4, -0.2) is 20.8 Å². The van der Waals surface area contributed by atoms with Gasteiger partial charge in [0, 0.05) is 12.0 Å². The van der Waals surface area contributed by atoms with Crippen molar-refractivity contribution in [2.24, 2.45) is 11.3 Å². The van der Waals surface area contributed by atoms with Crippen molar-refractivity contribution in [1.29, 1.82) is 0 Å². The van der Waals surface area contributed by atoms with Gasteiger partial charge in [-0.25, -0.2) is 0 Å². The van der Waals surface area contributed by atoms with Gasteiger partial charge in [0.25, 0.3) is 5.91 Å². The topological polar surface area (TPSA) is 73.0 Å². The lowest BCUT2D eigenvalue weighted by atomic mass is 9.71.